The van der Waals surface area contributed by atoms with E-state index in [1.54, 1.807) is 6.07 Å². The van der Waals surface area contributed by atoms with Gasteiger partial charge in [-0.05, 0) is 49.5 Å². The fourth-order valence-electron chi connectivity index (χ4n) is 2.75. The molecule has 2 nitrogen and oxygen atoms in total. The van der Waals surface area contributed by atoms with Gasteiger partial charge in [-0.3, -0.25) is 4.90 Å². The van der Waals surface area contributed by atoms with Crippen molar-refractivity contribution in [1.29, 1.82) is 0 Å². The predicted molar refractivity (Wildman–Crippen MR) is 82.5 cm³/mol. The van der Waals surface area contributed by atoms with E-state index < -0.39 is 0 Å². The molecule has 0 spiro atoms. The smallest absolute Gasteiger partial charge is 0.141 e. The number of rotatable bonds is 6. The number of likely N-dealkylation sites (tertiary alicyclic amines) is 1. The monoisotopic (exact) mass is 298 g/mol. The molecule has 1 aromatic rings. The first-order chi connectivity index (χ1) is 9.56. The van der Waals surface area contributed by atoms with Gasteiger partial charge in [-0.15, -0.1) is 0 Å². The van der Waals surface area contributed by atoms with Gasteiger partial charge in [0.05, 0.1) is 5.02 Å². The van der Waals surface area contributed by atoms with Crippen LogP contribution in [0.1, 0.15) is 32.3 Å². The molecule has 1 heterocycles. The second kappa shape index (κ2) is 7.39. The third kappa shape index (κ3) is 4.44. The molecule has 0 bridgehead atoms. The molecule has 1 aromatic carbocycles. The van der Waals surface area contributed by atoms with Crippen molar-refractivity contribution in [3.8, 4) is 0 Å². The molecule has 0 aromatic heterocycles. The third-order valence-electron chi connectivity index (χ3n) is 3.80. The Morgan fingerprint density at radius 1 is 1.45 bits per heavy atom. The minimum Gasteiger partial charge on any atom is -0.315 e. The molecule has 1 aliphatic heterocycles. The molecule has 112 valence electrons. The Morgan fingerprint density at radius 2 is 2.25 bits per heavy atom. The molecule has 0 aliphatic carbocycles. The van der Waals surface area contributed by atoms with Crippen LogP contribution in [0.25, 0.3) is 0 Å². The summed E-state index contributed by atoms with van der Waals surface area (Å²) in [5.74, 6) is 0.341. The van der Waals surface area contributed by atoms with Crippen LogP contribution in [-0.4, -0.2) is 30.6 Å². The van der Waals surface area contributed by atoms with Gasteiger partial charge in [0.2, 0.25) is 0 Å². The van der Waals surface area contributed by atoms with Gasteiger partial charge < -0.3 is 5.32 Å². The molecule has 1 unspecified atom stereocenters. The molecule has 20 heavy (non-hydrogen) atoms. The van der Waals surface area contributed by atoms with E-state index in [9.17, 15) is 4.39 Å². The Morgan fingerprint density at radius 3 is 2.95 bits per heavy atom. The Kier molecular flexibility index (Phi) is 5.82. The summed E-state index contributed by atoms with van der Waals surface area (Å²) in [7, 11) is 0. The van der Waals surface area contributed by atoms with Crippen molar-refractivity contribution in [3.05, 3.63) is 34.6 Å². The standard InChI is InChI=1S/C16H24ClFN2/c1-12(2)9-19-10-14-4-3-7-20(14)11-13-5-6-16(18)15(17)8-13/h5-6,8,12,14,19H,3-4,7,9-11H2,1-2H3. The average Bonchev–Trinajstić information content (AvgIpc) is 2.81. The van der Waals surface area contributed by atoms with Crippen molar-refractivity contribution in [1.82, 2.24) is 10.2 Å². The first-order valence-corrected chi connectivity index (χ1v) is 7.82. The quantitative estimate of drug-likeness (QED) is 0.862. The van der Waals surface area contributed by atoms with Crippen LogP contribution in [0.4, 0.5) is 4.39 Å². The number of nitrogens with one attached hydrogen (secondary N) is 1. The number of benzene rings is 1. The predicted octanol–water partition coefficient (Wildman–Crippen LogP) is 3.69. The molecule has 2 rings (SSSR count). The molecule has 1 N–H and O–H groups in total. The molecule has 0 amide bonds. The van der Waals surface area contributed by atoms with Crippen molar-refractivity contribution in [2.24, 2.45) is 5.92 Å². The Labute approximate surface area is 126 Å². The Bertz CT molecular complexity index is 436. The summed E-state index contributed by atoms with van der Waals surface area (Å²) < 4.78 is 13.2. The van der Waals surface area contributed by atoms with E-state index in [0.29, 0.717) is 12.0 Å². The second-order valence-electron chi connectivity index (χ2n) is 6.07. The van der Waals surface area contributed by atoms with Crippen LogP contribution in [0.5, 0.6) is 0 Å². The lowest BCUT2D eigenvalue weighted by Crippen LogP contribution is -2.38. The molecule has 0 radical (unpaired) electrons. The highest BCUT2D eigenvalue weighted by molar-refractivity contribution is 6.30. The Balaban J connectivity index is 1.88. The molecule has 4 heteroatoms. The summed E-state index contributed by atoms with van der Waals surface area (Å²) >= 11 is 5.85. The number of hydrogen-bond acceptors (Lipinski definition) is 2. The van der Waals surface area contributed by atoms with E-state index in [-0.39, 0.29) is 10.8 Å². The van der Waals surface area contributed by atoms with Crippen molar-refractivity contribution >= 4 is 11.6 Å². The first kappa shape index (κ1) is 15.7. The van der Waals surface area contributed by atoms with Crippen molar-refractivity contribution in [2.75, 3.05) is 19.6 Å². The maximum Gasteiger partial charge on any atom is 0.141 e. The minimum atomic E-state index is -0.341. The largest absolute Gasteiger partial charge is 0.315 e. The molecular weight excluding hydrogens is 275 g/mol. The minimum absolute atomic E-state index is 0.219. The summed E-state index contributed by atoms with van der Waals surface area (Å²) in [5, 5.41) is 3.75. The molecule has 1 fully saturated rings. The normalized spacial score (nSPS) is 19.9. The summed E-state index contributed by atoms with van der Waals surface area (Å²) in [6, 6.07) is 5.61. The molecule has 0 saturated carbocycles. The topological polar surface area (TPSA) is 15.3 Å². The fourth-order valence-corrected chi connectivity index (χ4v) is 2.95. The van der Waals surface area contributed by atoms with Gasteiger partial charge in [0.1, 0.15) is 5.82 Å². The van der Waals surface area contributed by atoms with Gasteiger partial charge in [-0.2, -0.15) is 0 Å². The number of hydrogen-bond donors (Lipinski definition) is 1. The summed E-state index contributed by atoms with van der Waals surface area (Å²) in [4.78, 5) is 2.47. The first-order valence-electron chi connectivity index (χ1n) is 7.45. The summed E-state index contributed by atoms with van der Waals surface area (Å²) in [5.41, 5.74) is 1.09. The van der Waals surface area contributed by atoms with E-state index in [0.717, 1.165) is 31.7 Å². The lowest BCUT2D eigenvalue weighted by atomic mass is 10.1. The van der Waals surface area contributed by atoms with Crippen LogP contribution in [0, 0.1) is 11.7 Å². The maximum atomic E-state index is 13.2. The number of halogens is 2. The maximum absolute atomic E-state index is 13.2. The summed E-state index contributed by atoms with van der Waals surface area (Å²) in [6.45, 7) is 8.51. The zero-order valence-electron chi connectivity index (χ0n) is 12.3. The third-order valence-corrected chi connectivity index (χ3v) is 4.09. The Hall–Kier alpha value is -0.640. The highest BCUT2D eigenvalue weighted by Crippen LogP contribution is 2.22. The molecule has 1 saturated heterocycles. The molecule has 1 aliphatic rings. The van der Waals surface area contributed by atoms with E-state index in [1.807, 2.05) is 6.07 Å². The van der Waals surface area contributed by atoms with E-state index >= 15 is 0 Å². The van der Waals surface area contributed by atoms with Crippen molar-refractivity contribution in [2.45, 2.75) is 39.3 Å². The van der Waals surface area contributed by atoms with Gasteiger partial charge in [0.15, 0.2) is 0 Å². The van der Waals surface area contributed by atoms with Gasteiger partial charge in [0, 0.05) is 19.1 Å². The highest BCUT2D eigenvalue weighted by atomic mass is 35.5. The SMILES string of the molecule is CC(C)CNCC1CCCN1Cc1ccc(F)c(Cl)c1. The van der Waals surface area contributed by atoms with Crippen molar-refractivity contribution < 1.29 is 4.39 Å². The van der Waals surface area contributed by atoms with Crippen LogP contribution in [0.3, 0.4) is 0 Å². The lowest BCUT2D eigenvalue weighted by Gasteiger charge is -2.25. The van der Waals surface area contributed by atoms with E-state index in [4.69, 9.17) is 11.6 Å². The lowest BCUT2D eigenvalue weighted by molar-refractivity contribution is 0.237. The average molecular weight is 299 g/mol. The van der Waals surface area contributed by atoms with Gasteiger partial charge in [-0.1, -0.05) is 31.5 Å². The van der Waals surface area contributed by atoms with Crippen LogP contribution in [-0.2, 0) is 6.54 Å². The van der Waals surface area contributed by atoms with Crippen molar-refractivity contribution in [3.63, 3.8) is 0 Å². The van der Waals surface area contributed by atoms with Crippen LogP contribution < -0.4 is 5.32 Å². The van der Waals surface area contributed by atoms with Gasteiger partial charge in [-0.25, -0.2) is 4.39 Å². The second-order valence-corrected chi connectivity index (χ2v) is 6.47. The van der Waals surface area contributed by atoms with Gasteiger partial charge in [0.25, 0.3) is 0 Å². The van der Waals surface area contributed by atoms with Gasteiger partial charge >= 0.3 is 0 Å². The fraction of sp³-hybridized carbons (Fsp3) is 0.625. The van der Waals surface area contributed by atoms with Crippen LogP contribution >= 0.6 is 11.6 Å². The zero-order valence-corrected chi connectivity index (χ0v) is 13.1. The summed E-state index contributed by atoms with van der Waals surface area (Å²) in [6.07, 6.45) is 2.48. The molecular formula is C16H24ClFN2. The van der Waals surface area contributed by atoms with E-state index in [2.05, 4.69) is 24.1 Å². The number of nitrogens with zero attached hydrogens (tertiary/aromatic N) is 1. The molecule has 1 atom stereocenters. The van der Waals surface area contributed by atoms with Crippen LogP contribution in [0.2, 0.25) is 5.02 Å². The highest BCUT2D eigenvalue weighted by Gasteiger charge is 2.24. The van der Waals surface area contributed by atoms with E-state index in [1.165, 1.54) is 18.9 Å². The van der Waals surface area contributed by atoms with Crippen LogP contribution in [0.15, 0.2) is 18.2 Å². The zero-order chi connectivity index (χ0) is 14.5.